The Morgan fingerprint density at radius 3 is 2.62 bits per heavy atom. The number of carbonyl (C=O) groups is 2. The van der Waals surface area contributed by atoms with Crippen molar-refractivity contribution in [1.82, 2.24) is 9.80 Å². The maximum atomic E-state index is 13.0. The van der Waals surface area contributed by atoms with Crippen LogP contribution in [0.2, 0.25) is 0 Å². The highest BCUT2D eigenvalue weighted by atomic mass is 79.9. The van der Waals surface area contributed by atoms with E-state index in [0.29, 0.717) is 12.1 Å². The molecular weight excluding hydrogens is 372 g/mol. The van der Waals surface area contributed by atoms with Crippen LogP contribution in [0, 0.1) is 0 Å². The molecule has 6 heteroatoms. The quantitative estimate of drug-likeness (QED) is 0.771. The molecule has 2 saturated heterocycles. The van der Waals surface area contributed by atoms with Gasteiger partial charge in [0.15, 0.2) is 0 Å². The Bertz CT molecular complexity index is 596. The van der Waals surface area contributed by atoms with Crippen LogP contribution in [0.15, 0.2) is 28.7 Å². The first-order valence-electron chi connectivity index (χ1n) is 8.58. The average Bonchev–Trinajstić information content (AvgIpc) is 3.27. The van der Waals surface area contributed by atoms with Gasteiger partial charge in [0.2, 0.25) is 5.91 Å². The lowest BCUT2D eigenvalue weighted by Gasteiger charge is -2.27. The van der Waals surface area contributed by atoms with Crippen LogP contribution in [0.5, 0.6) is 0 Å². The van der Waals surface area contributed by atoms with Crippen LogP contribution in [0.4, 0.5) is 0 Å². The molecule has 2 aliphatic heterocycles. The van der Waals surface area contributed by atoms with Crippen molar-refractivity contribution in [3.63, 3.8) is 0 Å². The number of ether oxygens (including phenoxy) is 1. The van der Waals surface area contributed by atoms with Gasteiger partial charge in [-0.25, -0.2) is 0 Å². The summed E-state index contributed by atoms with van der Waals surface area (Å²) in [5, 5.41) is 0. The van der Waals surface area contributed by atoms with Gasteiger partial charge in [-0.15, -0.1) is 0 Å². The van der Waals surface area contributed by atoms with Crippen LogP contribution in [-0.4, -0.2) is 60.5 Å². The van der Waals surface area contributed by atoms with Crippen LogP contribution in [0.1, 0.15) is 36.0 Å². The summed E-state index contributed by atoms with van der Waals surface area (Å²) < 4.78 is 6.43. The normalized spacial score (nSPS) is 20.4. The molecule has 2 fully saturated rings. The van der Waals surface area contributed by atoms with Crippen LogP contribution in [0.3, 0.4) is 0 Å². The van der Waals surface area contributed by atoms with E-state index in [1.807, 2.05) is 23.1 Å². The lowest BCUT2D eigenvalue weighted by molar-refractivity contribution is -0.131. The molecule has 0 radical (unpaired) electrons. The Morgan fingerprint density at radius 2 is 1.96 bits per heavy atom. The predicted octanol–water partition coefficient (Wildman–Crippen LogP) is 2.69. The fourth-order valence-corrected chi connectivity index (χ4v) is 3.74. The third-order valence-electron chi connectivity index (χ3n) is 4.62. The zero-order valence-corrected chi connectivity index (χ0v) is 15.3. The van der Waals surface area contributed by atoms with Crippen molar-refractivity contribution < 1.29 is 14.3 Å². The summed E-state index contributed by atoms with van der Waals surface area (Å²) in [6, 6.07) is 7.35. The van der Waals surface area contributed by atoms with Crippen molar-refractivity contribution in [3.8, 4) is 0 Å². The lowest BCUT2D eigenvalue weighted by Crippen LogP contribution is -2.45. The summed E-state index contributed by atoms with van der Waals surface area (Å²) in [7, 11) is 0. The van der Waals surface area contributed by atoms with Gasteiger partial charge in [-0.3, -0.25) is 9.59 Å². The van der Waals surface area contributed by atoms with Crippen LogP contribution < -0.4 is 0 Å². The smallest absolute Gasteiger partial charge is 0.255 e. The molecule has 2 amide bonds. The summed E-state index contributed by atoms with van der Waals surface area (Å²) in [5.41, 5.74) is 0.588. The van der Waals surface area contributed by atoms with Crippen molar-refractivity contribution in [2.75, 3.05) is 32.8 Å². The van der Waals surface area contributed by atoms with Gasteiger partial charge in [-0.2, -0.15) is 0 Å². The molecule has 1 aromatic rings. The summed E-state index contributed by atoms with van der Waals surface area (Å²) in [6.07, 6.45) is 4.09. The minimum absolute atomic E-state index is 0.0304. The first kappa shape index (κ1) is 17.4. The van der Waals surface area contributed by atoms with E-state index in [0.717, 1.165) is 49.9 Å². The van der Waals surface area contributed by atoms with E-state index in [2.05, 4.69) is 15.9 Å². The second kappa shape index (κ2) is 8.12. The minimum atomic E-state index is -0.120. The number of rotatable bonds is 5. The van der Waals surface area contributed by atoms with Gasteiger partial charge in [0.25, 0.3) is 5.91 Å². The fourth-order valence-electron chi connectivity index (χ4n) is 3.29. The first-order valence-corrected chi connectivity index (χ1v) is 9.37. The van der Waals surface area contributed by atoms with Gasteiger partial charge in [-0.05, 0) is 53.7 Å². The molecule has 2 aliphatic rings. The summed E-state index contributed by atoms with van der Waals surface area (Å²) in [5.74, 6) is -0.0866. The highest BCUT2D eigenvalue weighted by Crippen LogP contribution is 2.20. The fraction of sp³-hybridized carbons (Fsp3) is 0.556. The molecular formula is C18H23BrN2O3. The van der Waals surface area contributed by atoms with Gasteiger partial charge < -0.3 is 14.5 Å². The van der Waals surface area contributed by atoms with E-state index in [4.69, 9.17) is 4.74 Å². The highest BCUT2D eigenvalue weighted by molar-refractivity contribution is 9.10. The Morgan fingerprint density at radius 1 is 1.21 bits per heavy atom. The molecule has 24 heavy (non-hydrogen) atoms. The van der Waals surface area contributed by atoms with E-state index in [9.17, 15) is 9.59 Å². The van der Waals surface area contributed by atoms with Gasteiger partial charge in [0, 0.05) is 30.7 Å². The summed E-state index contributed by atoms with van der Waals surface area (Å²) in [4.78, 5) is 29.0. The van der Waals surface area contributed by atoms with E-state index in [-0.39, 0.29) is 24.5 Å². The third-order valence-corrected chi connectivity index (χ3v) is 5.32. The monoisotopic (exact) mass is 394 g/mol. The number of amides is 2. The summed E-state index contributed by atoms with van der Waals surface area (Å²) >= 11 is 3.44. The second-order valence-corrected chi connectivity index (χ2v) is 7.24. The van der Waals surface area contributed by atoms with Crippen molar-refractivity contribution in [2.45, 2.75) is 31.8 Å². The van der Waals surface area contributed by atoms with Crippen LogP contribution >= 0.6 is 15.9 Å². The molecule has 5 nitrogen and oxygen atoms in total. The third kappa shape index (κ3) is 4.16. The number of likely N-dealkylation sites (tertiary alicyclic amines) is 1. The highest BCUT2D eigenvalue weighted by Gasteiger charge is 2.28. The van der Waals surface area contributed by atoms with E-state index < -0.39 is 0 Å². The molecule has 1 aromatic carbocycles. The molecule has 0 aliphatic carbocycles. The SMILES string of the molecule is O=C(CN(C[C@H]1CCCO1)C(=O)c1ccccc1Br)N1CCCC1. The largest absolute Gasteiger partial charge is 0.376 e. The number of nitrogens with zero attached hydrogens (tertiary/aromatic N) is 2. The predicted molar refractivity (Wildman–Crippen MR) is 94.8 cm³/mol. The van der Waals surface area contributed by atoms with Gasteiger partial charge in [0.05, 0.1) is 11.7 Å². The maximum absolute atomic E-state index is 13.0. The molecule has 130 valence electrons. The van der Waals surface area contributed by atoms with E-state index in [1.165, 1.54) is 0 Å². The zero-order valence-electron chi connectivity index (χ0n) is 13.7. The molecule has 0 aromatic heterocycles. The Balaban J connectivity index is 1.74. The number of halogens is 1. The van der Waals surface area contributed by atoms with Crippen molar-refractivity contribution in [1.29, 1.82) is 0 Å². The number of hydrogen-bond acceptors (Lipinski definition) is 3. The second-order valence-electron chi connectivity index (χ2n) is 6.39. The van der Waals surface area contributed by atoms with E-state index >= 15 is 0 Å². The average molecular weight is 395 g/mol. The number of benzene rings is 1. The topological polar surface area (TPSA) is 49.9 Å². The molecule has 0 N–H and O–H groups in total. The molecule has 2 heterocycles. The van der Waals surface area contributed by atoms with Crippen LogP contribution in [-0.2, 0) is 9.53 Å². The Kier molecular flexibility index (Phi) is 5.89. The maximum Gasteiger partial charge on any atom is 0.255 e. The Hall–Kier alpha value is -1.40. The van der Waals surface area contributed by atoms with Crippen molar-refractivity contribution in [2.24, 2.45) is 0 Å². The number of carbonyl (C=O) groups excluding carboxylic acids is 2. The molecule has 1 atom stereocenters. The Labute approximate surface area is 151 Å². The van der Waals surface area contributed by atoms with Gasteiger partial charge >= 0.3 is 0 Å². The first-order chi connectivity index (χ1) is 11.6. The van der Waals surface area contributed by atoms with E-state index in [1.54, 1.807) is 11.0 Å². The molecule has 0 saturated carbocycles. The molecule has 3 rings (SSSR count). The molecule has 0 bridgehead atoms. The van der Waals surface area contributed by atoms with Gasteiger partial charge in [-0.1, -0.05) is 12.1 Å². The van der Waals surface area contributed by atoms with Crippen LogP contribution in [0.25, 0.3) is 0 Å². The molecule has 0 unspecified atom stereocenters. The van der Waals surface area contributed by atoms with Gasteiger partial charge in [0.1, 0.15) is 6.54 Å². The van der Waals surface area contributed by atoms with Crippen molar-refractivity contribution >= 4 is 27.7 Å². The molecule has 0 spiro atoms. The van der Waals surface area contributed by atoms with Crippen molar-refractivity contribution in [3.05, 3.63) is 34.3 Å². The zero-order chi connectivity index (χ0) is 16.9. The number of hydrogen-bond donors (Lipinski definition) is 0. The standard InChI is InChI=1S/C18H23BrN2O3/c19-16-8-2-1-7-15(16)18(23)21(12-14-6-5-11-24-14)13-17(22)20-9-3-4-10-20/h1-2,7-8,14H,3-6,9-13H2/t14-/m1/s1. The minimum Gasteiger partial charge on any atom is -0.376 e. The summed E-state index contributed by atoms with van der Waals surface area (Å²) in [6.45, 7) is 2.94. The lowest BCUT2D eigenvalue weighted by atomic mass is 10.1.